The second-order valence-corrected chi connectivity index (χ2v) is 10.6. The summed E-state index contributed by atoms with van der Waals surface area (Å²) in [5, 5.41) is 10.1. The molecule has 3 fully saturated rings. The molecule has 3 aliphatic rings. The highest BCUT2D eigenvalue weighted by Crippen LogP contribution is 2.56. The standard InChI is InChI=1S/C26H45N/c1-3-5-7-9-22-12-15-25-18-24(16-17-26(25,19-22)20-27)23-13-10-21(11-14-23)8-6-4-2/h21-25H,3-19H2,1-2H3. The molecule has 0 bridgehead atoms. The Labute approximate surface area is 169 Å². The van der Waals surface area contributed by atoms with E-state index in [1.54, 1.807) is 0 Å². The predicted octanol–water partition coefficient (Wildman–Crippen LogP) is 8.29. The van der Waals surface area contributed by atoms with Crippen molar-refractivity contribution in [3.63, 3.8) is 0 Å². The topological polar surface area (TPSA) is 23.8 Å². The number of unbranched alkanes of at least 4 members (excludes halogenated alkanes) is 3. The highest BCUT2D eigenvalue weighted by molar-refractivity contribution is 5.09. The fourth-order valence-electron chi connectivity index (χ4n) is 7.06. The van der Waals surface area contributed by atoms with Crippen molar-refractivity contribution in [3.05, 3.63) is 0 Å². The van der Waals surface area contributed by atoms with Gasteiger partial charge in [0, 0.05) is 0 Å². The van der Waals surface area contributed by atoms with Gasteiger partial charge < -0.3 is 0 Å². The van der Waals surface area contributed by atoms with Gasteiger partial charge in [-0.25, -0.2) is 0 Å². The Morgan fingerprint density at radius 3 is 2.19 bits per heavy atom. The van der Waals surface area contributed by atoms with E-state index in [-0.39, 0.29) is 5.41 Å². The molecule has 3 aliphatic carbocycles. The van der Waals surface area contributed by atoms with Crippen LogP contribution in [0.2, 0.25) is 0 Å². The van der Waals surface area contributed by atoms with Gasteiger partial charge in [-0.2, -0.15) is 5.26 Å². The van der Waals surface area contributed by atoms with E-state index in [2.05, 4.69) is 19.9 Å². The van der Waals surface area contributed by atoms with Gasteiger partial charge in [0.05, 0.1) is 11.5 Å². The molecule has 0 saturated heterocycles. The largest absolute Gasteiger partial charge is 0.198 e. The smallest absolute Gasteiger partial charge is 0.0692 e. The molecule has 1 heteroatoms. The third kappa shape index (κ3) is 5.31. The third-order valence-corrected chi connectivity index (χ3v) is 8.87. The molecule has 3 rings (SSSR count). The summed E-state index contributed by atoms with van der Waals surface area (Å²) >= 11 is 0. The van der Waals surface area contributed by atoms with Crippen LogP contribution in [0.3, 0.4) is 0 Å². The van der Waals surface area contributed by atoms with Gasteiger partial charge in [-0.1, -0.05) is 78.1 Å². The van der Waals surface area contributed by atoms with Crippen LogP contribution in [0.1, 0.15) is 123 Å². The Balaban J connectivity index is 1.49. The van der Waals surface area contributed by atoms with Crippen molar-refractivity contribution in [2.45, 2.75) is 123 Å². The lowest BCUT2D eigenvalue weighted by Gasteiger charge is -2.50. The molecule has 0 aromatic carbocycles. The third-order valence-electron chi connectivity index (χ3n) is 8.87. The Morgan fingerprint density at radius 1 is 0.778 bits per heavy atom. The zero-order valence-corrected chi connectivity index (χ0v) is 18.4. The van der Waals surface area contributed by atoms with Gasteiger partial charge in [0.15, 0.2) is 0 Å². The molecule has 0 aromatic heterocycles. The predicted molar refractivity (Wildman–Crippen MR) is 115 cm³/mol. The van der Waals surface area contributed by atoms with E-state index >= 15 is 0 Å². The zero-order chi connectivity index (χ0) is 19.1. The van der Waals surface area contributed by atoms with Gasteiger partial charge >= 0.3 is 0 Å². The lowest BCUT2D eigenvalue weighted by atomic mass is 9.53. The summed E-state index contributed by atoms with van der Waals surface area (Å²) in [7, 11) is 0. The molecular weight excluding hydrogens is 326 g/mol. The summed E-state index contributed by atoms with van der Waals surface area (Å²) in [5.74, 6) is 4.53. The first kappa shape index (κ1) is 21.2. The van der Waals surface area contributed by atoms with Gasteiger partial charge in [-0.3, -0.25) is 0 Å². The fraction of sp³-hybridized carbons (Fsp3) is 0.962. The van der Waals surface area contributed by atoms with Crippen molar-refractivity contribution in [1.29, 1.82) is 5.26 Å². The summed E-state index contributed by atoms with van der Waals surface area (Å²) in [6.45, 7) is 4.62. The van der Waals surface area contributed by atoms with E-state index in [1.165, 1.54) is 109 Å². The van der Waals surface area contributed by atoms with Gasteiger partial charge in [-0.05, 0) is 74.5 Å². The number of rotatable bonds is 8. The molecular formula is C26H45N. The lowest BCUT2D eigenvalue weighted by Crippen LogP contribution is -2.42. The van der Waals surface area contributed by atoms with Crippen molar-refractivity contribution in [2.75, 3.05) is 0 Å². The van der Waals surface area contributed by atoms with Crippen molar-refractivity contribution in [2.24, 2.45) is 35.0 Å². The van der Waals surface area contributed by atoms with Crippen molar-refractivity contribution in [3.8, 4) is 6.07 Å². The van der Waals surface area contributed by atoms with E-state index in [9.17, 15) is 5.26 Å². The Kier molecular flexibility index (Phi) is 8.10. The Morgan fingerprint density at radius 2 is 1.48 bits per heavy atom. The summed E-state index contributed by atoms with van der Waals surface area (Å²) < 4.78 is 0. The minimum Gasteiger partial charge on any atom is -0.198 e. The average molecular weight is 372 g/mol. The summed E-state index contributed by atoms with van der Waals surface area (Å²) in [5.41, 5.74) is 0.0595. The minimum absolute atomic E-state index is 0.0595. The molecule has 0 amide bonds. The maximum atomic E-state index is 10.1. The zero-order valence-electron chi connectivity index (χ0n) is 18.4. The Hall–Kier alpha value is -0.510. The molecule has 0 aliphatic heterocycles. The quantitative estimate of drug-likeness (QED) is 0.394. The van der Waals surface area contributed by atoms with Crippen molar-refractivity contribution < 1.29 is 0 Å². The van der Waals surface area contributed by atoms with Crippen molar-refractivity contribution in [1.82, 2.24) is 0 Å². The number of hydrogen-bond donors (Lipinski definition) is 0. The molecule has 0 radical (unpaired) electrons. The molecule has 0 spiro atoms. The Bertz CT molecular complexity index is 469. The van der Waals surface area contributed by atoms with Crippen LogP contribution in [-0.4, -0.2) is 0 Å². The van der Waals surface area contributed by atoms with E-state index in [0.717, 1.165) is 29.6 Å². The van der Waals surface area contributed by atoms with Crippen LogP contribution < -0.4 is 0 Å². The van der Waals surface area contributed by atoms with Gasteiger partial charge in [0.25, 0.3) is 0 Å². The van der Waals surface area contributed by atoms with Crippen LogP contribution in [0.4, 0.5) is 0 Å². The normalized spacial score (nSPS) is 39.5. The molecule has 4 unspecified atom stereocenters. The van der Waals surface area contributed by atoms with Crippen LogP contribution in [0, 0.1) is 46.3 Å². The van der Waals surface area contributed by atoms with Crippen LogP contribution in [0.5, 0.6) is 0 Å². The second-order valence-electron chi connectivity index (χ2n) is 10.6. The number of nitriles is 1. The number of nitrogens with zero attached hydrogens (tertiary/aromatic N) is 1. The van der Waals surface area contributed by atoms with Gasteiger partial charge in [-0.15, -0.1) is 0 Å². The molecule has 0 heterocycles. The molecule has 27 heavy (non-hydrogen) atoms. The first-order valence-electron chi connectivity index (χ1n) is 12.6. The first-order valence-corrected chi connectivity index (χ1v) is 12.6. The maximum Gasteiger partial charge on any atom is 0.0692 e. The molecule has 1 nitrogen and oxygen atoms in total. The van der Waals surface area contributed by atoms with E-state index in [0.29, 0.717) is 0 Å². The summed E-state index contributed by atoms with van der Waals surface area (Å²) in [4.78, 5) is 0. The summed E-state index contributed by atoms with van der Waals surface area (Å²) in [6, 6.07) is 2.89. The molecule has 0 N–H and O–H groups in total. The van der Waals surface area contributed by atoms with Crippen LogP contribution in [0.15, 0.2) is 0 Å². The van der Waals surface area contributed by atoms with Crippen molar-refractivity contribution >= 4 is 0 Å². The van der Waals surface area contributed by atoms with E-state index in [4.69, 9.17) is 0 Å². The van der Waals surface area contributed by atoms with Gasteiger partial charge in [0.2, 0.25) is 0 Å². The average Bonchev–Trinajstić information content (AvgIpc) is 2.72. The highest BCUT2D eigenvalue weighted by Gasteiger charge is 2.48. The lowest BCUT2D eigenvalue weighted by molar-refractivity contribution is 0.0146. The van der Waals surface area contributed by atoms with Gasteiger partial charge in [0.1, 0.15) is 0 Å². The van der Waals surface area contributed by atoms with Crippen LogP contribution >= 0.6 is 0 Å². The van der Waals surface area contributed by atoms with E-state index < -0.39 is 0 Å². The fourth-order valence-corrected chi connectivity index (χ4v) is 7.06. The minimum atomic E-state index is 0.0595. The highest BCUT2D eigenvalue weighted by atomic mass is 14.5. The second kappa shape index (κ2) is 10.3. The van der Waals surface area contributed by atoms with E-state index in [1.807, 2.05) is 0 Å². The monoisotopic (exact) mass is 371 g/mol. The number of fused-ring (bicyclic) bond motifs is 1. The molecule has 0 aromatic rings. The number of hydrogen-bond acceptors (Lipinski definition) is 1. The summed E-state index contributed by atoms with van der Waals surface area (Å²) in [6.07, 6.45) is 23.7. The molecule has 4 atom stereocenters. The SMILES string of the molecule is CCCCCC1CCC2CC(C3CCC(CCCC)CC3)CCC2(C#N)C1. The first-order chi connectivity index (χ1) is 13.2. The van der Waals surface area contributed by atoms with Crippen LogP contribution in [-0.2, 0) is 0 Å². The van der Waals surface area contributed by atoms with Crippen LogP contribution in [0.25, 0.3) is 0 Å². The molecule has 3 saturated carbocycles. The maximum absolute atomic E-state index is 10.1. The molecule has 154 valence electrons.